The number of hydrogen-bond donors (Lipinski definition) is 0. The van der Waals surface area contributed by atoms with E-state index in [2.05, 4.69) is 84.9 Å². The van der Waals surface area contributed by atoms with Crippen molar-refractivity contribution in [2.24, 2.45) is 5.41 Å². The highest BCUT2D eigenvalue weighted by Crippen LogP contribution is 2.40. The Labute approximate surface area is 186 Å². The van der Waals surface area contributed by atoms with Crippen LogP contribution in [0.5, 0.6) is 0 Å². The molecule has 0 saturated heterocycles. The standard InChI is InChI=1S/C28H46O2/c1-8-10-20-29-27(30-21-11-9-2)22-24(4)15-12-14-23(3)17-18-26-25(5)16-13-19-28(26,6)7/h12,14-15,17-18,22,27H,8-11,13,16,19-21H2,1-7H3/b15-12+,18-17+,23-14-,24-22-. The van der Waals surface area contributed by atoms with E-state index in [4.69, 9.17) is 9.47 Å². The molecule has 2 heteroatoms. The maximum atomic E-state index is 5.90. The van der Waals surface area contributed by atoms with E-state index in [9.17, 15) is 0 Å². The van der Waals surface area contributed by atoms with Gasteiger partial charge in [0.05, 0.1) is 13.2 Å². The topological polar surface area (TPSA) is 18.5 Å². The third-order valence-electron chi connectivity index (χ3n) is 5.73. The second-order valence-electron chi connectivity index (χ2n) is 9.26. The second-order valence-corrected chi connectivity index (χ2v) is 9.26. The van der Waals surface area contributed by atoms with Crippen molar-refractivity contribution >= 4 is 0 Å². The zero-order valence-corrected chi connectivity index (χ0v) is 20.7. The van der Waals surface area contributed by atoms with Crippen LogP contribution >= 0.6 is 0 Å². The first kappa shape index (κ1) is 26.7. The van der Waals surface area contributed by atoms with Gasteiger partial charge in [0.15, 0.2) is 6.29 Å². The minimum Gasteiger partial charge on any atom is -0.349 e. The molecule has 0 saturated carbocycles. The van der Waals surface area contributed by atoms with Crippen LogP contribution in [-0.4, -0.2) is 19.5 Å². The van der Waals surface area contributed by atoms with E-state index in [-0.39, 0.29) is 6.29 Å². The Morgan fingerprint density at radius 1 is 1.00 bits per heavy atom. The average molecular weight is 415 g/mol. The molecule has 0 fully saturated rings. The number of unbranched alkanes of at least 4 members (excludes halogenated alkanes) is 2. The summed E-state index contributed by atoms with van der Waals surface area (Å²) in [6.45, 7) is 17.1. The van der Waals surface area contributed by atoms with E-state index < -0.39 is 0 Å². The number of ether oxygens (including phenoxy) is 2. The third kappa shape index (κ3) is 10.6. The summed E-state index contributed by atoms with van der Waals surface area (Å²) in [5.74, 6) is 0. The molecule has 0 aromatic rings. The molecule has 0 unspecified atom stereocenters. The quantitative estimate of drug-likeness (QED) is 0.171. The van der Waals surface area contributed by atoms with Crippen LogP contribution in [-0.2, 0) is 9.47 Å². The van der Waals surface area contributed by atoms with Gasteiger partial charge in [-0.3, -0.25) is 0 Å². The Bertz CT molecular complexity index is 634. The van der Waals surface area contributed by atoms with Crippen LogP contribution in [0.15, 0.2) is 58.7 Å². The van der Waals surface area contributed by atoms with Gasteiger partial charge in [-0.1, -0.05) is 87.6 Å². The highest BCUT2D eigenvalue weighted by atomic mass is 16.7. The van der Waals surface area contributed by atoms with Crippen molar-refractivity contribution in [3.05, 3.63) is 58.7 Å². The first-order valence-corrected chi connectivity index (χ1v) is 11.9. The summed E-state index contributed by atoms with van der Waals surface area (Å²) in [5.41, 5.74) is 5.77. The molecule has 30 heavy (non-hydrogen) atoms. The maximum absolute atomic E-state index is 5.90. The van der Waals surface area contributed by atoms with Gasteiger partial charge >= 0.3 is 0 Å². The Morgan fingerprint density at radius 2 is 1.63 bits per heavy atom. The van der Waals surface area contributed by atoms with Crippen molar-refractivity contribution in [3.8, 4) is 0 Å². The van der Waals surface area contributed by atoms with Crippen molar-refractivity contribution in [2.75, 3.05) is 13.2 Å². The van der Waals surface area contributed by atoms with E-state index in [1.807, 2.05) is 0 Å². The molecule has 1 rings (SSSR count). The average Bonchev–Trinajstić information content (AvgIpc) is 2.67. The lowest BCUT2D eigenvalue weighted by atomic mass is 9.72. The lowest BCUT2D eigenvalue weighted by Gasteiger charge is -2.32. The van der Waals surface area contributed by atoms with Gasteiger partial charge in [-0.05, 0) is 69.9 Å². The van der Waals surface area contributed by atoms with Gasteiger partial charge in [-0.2, -0.15) is 0 Å². The molecule has 0 aromatic heterocycles. The van der Waals surface area contributed by atoms with Crippen LogP contribution < -0.4 is 0 Å². The molecule has 0 aliphatic heterocycles. The normalized spacial score (nSPS) is 18.4. The van der Waals surface area contributed by atoms with Crippen molar-refractivity contribution in [2.45, 2.75) is 99.7 Å². The fraction of sp³-hybridized carbons (Fsp3) is 0.643. The van der Waals surface area contributed by atoms with Gasteiger partial charge in [0.1, 0.15) is 0 Å². The lowest BCUT2D eigenvalue weighted by Crippen LogP contribution is -2.19. The van der Waals surface area contributed by atoms with E-state index in [1.54, 1.807) is 5.57 Å². The molecule has 0 atom stereocenters. The molecule has 2 nitrogen and oxygen atoms in total. The molecular formula is C28H46O2. The monoisotopic (exact) mass is 414 g/mol. The van der Waals surface area contributed by atoms with Gasteiger partial charge in [0.25, 0.3) is 0 Å². The Kier molecular flexibility index (Phi) is 13.0. The predicted molar refractivity (Wildman–Crippen MR) is 132 cm³/mol. The van der Waals surface area contributed by atoms with Crippen molar-refractivity contribution in [1.82, 2.24) is 0 Å². The summed E-state index contributed by atoms with van der Waals surface area (Å²) in [7, 11) is 0. The highest BCUT2D eigenvalue weighted by Gasteiger charge is 2.26. The van der Waals surface area contributed by atoms with Crippen molar-refractivity contribution < 1.29 is 9.47 Å². The molecular weight excluding hydrogens is 368 g/mol. The molecule has 170 valence electrons. The van der Waals surface area contributed by atoms with E-state index >= 15 is 0 Å². The smallest absolute Gasteiger partial charge is 0.177 e. The molecule has 1 aliphatic rings. The molecule has 0 spiro atoms. The van der Waals surface area contributed by atoms with Crippen molar-refractivity contribution in [1.29, 1.82) is 0 Å². The van der Waals surface area contributed by atoms with E-state index in [1.165, 1.54) is 30.4 Å². The largest absolute Gasteiger partial charge is 0.349 e. The molecule has 0 N–H and O–H groups in total. The molecule has 0 bridgehead atoms. The van der Waals surface area contributed by atoms with Crippen LogP contribution in [0, 0.1) is 5.41 Å². The first-order chi connectivity index (χ1) is 14.3. The van der Waals surface area contributed by atoms with Gasteiger partial charge in [-0.15, -0.1) is 0 Å². The van der Waals surface area contributed by atoms with Crippen LogP contribution in [0.25, 0.3) is 0 Å². The Balaban J connectivity index is 2.71. The minimum atomic E-state index is -0.249. The first-order valence-electron chi connectivity index (χ1n) is 11.9. The van der Waals surface area contributed by atoms with Gasteiger partial charge in [0.2, 0.25) is 0 Å². The Morgan fingerprint density at radius 3 is 2.20 bits per heavy atom. The van der Waals surface area contributed by atoms with Crippen LogP contribution in [0.1, 0.15) is 93.4 Å². The fourth-order valence-corrected chi connectivity index (χ4v) is 3.73. The number of rotatable bonds is 13. The zero-order chi connectivity index (χ0) is 22.4. The molecule has 0 amide bonds. The SMILES string of the molecule is CCCCOC(\C=C(C)/C=C/C=C(C)\C=C\C1=C(C)CCCC1(C)C)OCCCC. The van der Waals surface area contributed by atoms with Crippen LogP contribution in [0.3, 0.4) is 0 Å². The Hall–Kier alpha value is -1.38. The lowest BCUT2D eigenvalue weighted by molar-refractivity contribution is -0.112. The van der Waals surface area contributed by atoms with Crippen LogP contribution in [0.2, 0.25) is 0 Å². The number of hydrogen-bond acceptors (Lipinski definition) is 2. The third-order valence-corrected chi connectivity index (χ3v) is 5.73. The summed E-state index contributed by atoms with van der Waals surface area (Å²) in [5, 5.41) is 0. The summed E-state index contributed by atoms with van der Waals surface area (Å²) < 4.78 is 11.8. The summed E-state index contributed by atoms with van der Waals surface area (Å²) in [4.78, 5) is 0. The summed E-state index contributed by atoms with van der Waals surface area (Å²) >= 11 is 0. The molecule has 0 aromatic carbocycles. The fourth-order valence-electron chi connectivity index (χ4n) is 3.73. The van der Waals surface area contributed by atoms with Gasteiger partial charge in [-0.25, -0.2) is 0 Å². The zero-order valence-electron chi connectivity index (χ0n) is 20.7. The highest BCUT2D eigenvalue weighted by molar-refractivity contribution is 5.37. The summed E-state index contributed by atoms with van der Waals surface area (Å²) in [6.07, 6.45) is 21.1. The van der Waals surface area contributed by atoms with Gasteiger partial charge < -0.3 is 9.47 Å². The van der Waals surface area contributed by atoms with E-state index in [0.29, 0.717) is 5.41 Å². The predicted octanol–water partition coefficient (Wildman–Crippen LogP) is 8.48. The van der Waals surface area contributed by atoms with Crippen molar-refractivity contribution in [3.63, 3.8) is 0 Å². The molecule has 0 heterocycles. The second kappa shape index (κ2) is 14.6. The van der Waals surface area contributed by atoms with Gasteiger partial charge in [0, 0.05) is 0 Å². The molecule has 1 aliphatic carbocycles. The summed E-state index contributed by atoms with van der Waals surface area (Å²) in [6, 6.07) is 0. The van der Waals surface area contributed by atoms with E-state index in [0.717, 1.165) is 44.5 Å². The minimum absolute atomic E-state index is 0.249. The van der Waals surface area contributed by atoms with Crippen LogP contribution in [0.4, 0.5) is 0 Å². The molecule has 0 radical (unpaired) electrons. The number of allylic oxidation sites excluding steroid dienone is 9. The maximum Gasteiger partial charge on any atom is 0.177 e.